The number of hydrogen-bond donors (Lipinski definition) is 1. The van der Waals surface area contributed by atoms with Crippen molar-refractivity contribution in [3.05, 3.63) is 38.7 Å². The third kappa shape index (κ3) is 2.89. The van der Waals surface area contributed by atoms with Gasteiger partial charge in [0.05, 0.1) is 22.8 Å². The van der Waals surface area contributed by atoms with Gasteiger partial charge in [0, 0.05) is 10.4 Å². The summed E-state index contributed by atoms with van der Waals surface area (Å²) in [5.41, 5.74) is 8.16. The number of rotatable bonds is 3. The first-order valence-corrected chi connectivity index (χ1v) is 7.90. The molecule has 112 valence electrons. The highest BCUT2D eigenvalue weighted by Crippen LogP contribution is 2.47. The molecule has 0 aliphatic carbocycles. The summed E-state index contributed by atoms with van der Waals surface area (Å²) in [7, 11) is 1.33. The van der Waals surface area contributed by atoms with Crippen LogP contribution in [0, 0.1) is 0 Å². The van der Waals surface area contributed by atoms with Crippen molar-refractivity contribution in [2.45, 2.75) is 19.8 Å². The van der Waals surface area contributed by atoms with Gasteiger partial charge in [-0.15, -0.1) is 11.3 Å². The molecule has 0 bridgehead atoms. The molecule has 0 amide bonds. The van der Waals surface area contributed by atoms with E-state index in [0.29, 0.717) is 26.2 Å². The van der Waals surface area contributed by atoms with Crippen LogP contribution < -0.4 is 5.73 Å². The second-order valence-electron chi connectivity index (χ2n) is 4.83. The summed E-state index contributed by atoms with van der Waals surface area (Å²) in [6, 6.07) is 5.31. The molecule has 0 unspecified atom stereocenters. The summed E-state index contributed by atoms with van der Waals surface area (Å²) in [5, 5.41) is 1.06. The lowest BCUT2D eigenvalue weighted by atomic mass is 9.98. The van der Waals surface area contributed by atoms with E-state index in [-0.39, 0.29) is 5.92 Å². The van der Waals surface area contributed by atoms with Crippen LogP contribution in [-0.2, 0) is 4.74 Å². The highest BCUT2D eigenvalue weighted by atomic mass is 35.5. The lowest BCUT2D eigenvalue weighted by Crippen LogP contribution is -2.03. The molecule has 0 radical (unpaired) electrons. The molecule has 0 saturated carbocycles. The Labute approximate surface area is 137 Å². The maximum atomic E-state index is 11.9. The van der Waals surface area contributed by atoms with E-state index >= 15 is 0 Å². The van der Waals surface area contributed by atoms with E-state index in [9.17, 15) is 4.79 Å². The molecule has 2 rings (SSSR count). The predicted molar refractivity (Wildman–Crippen MR) is 89.6 cm³/mol. The topological polar surface area (TPSA) is 52.3 Å². The highest BCUT2D eigenvalue weighted by Gasteiger charge is 2.26. The first-order valence-electron chi connectivity index (χ1n) is 6.33. The zero-order valence-corrected chi connectivity index (χ0v) is 14.2. The Kier molecular flexibility index (Phi) is 4.81. The lowest BCUT2D eigenvalue weighted by molar-refractivity contribution is 0.0607. The van der Waals surface area contributed by atoms with Gasteiger partial charge in [0.25, 0.3) is 0 Å². The minimum atomic E-state index is -0.450. The number of thiophene rings is 1. The van der Waals surface area contributed by atoms with E-state index in [4.69, 9.17) is 33.7 Å². The number of ether oxygens (including phenoxy) is 1. The SMILES string of the molecule is COC(=O)c1sc(-c2c(Cl)cccc2Cl)c(C(C)C)c1N. The van der Waals surface area contributed by atoms with Crippen molar-refractivity contribution in [3.63, 3.8) is 0 Å². The summed E-state index contributed by atoms with van der Waals surface area (Å²) in [5.74, 6) is -0.323. The van der Waals surface area contributed by atoms with Gasteiger partial charge < -0.3 is 10.5 Å². The zero-order valence-electron chi connectivity index (χ0n) is 11.9. The highest BCUT2D eigenvalue weighted by molar-refractivity contribution is 7.18. The van der Waals surface area contributed by atoms with Crippen molar-refractivity contribution in [1.82, 2.24) is 0 Å². The quantitative estimate of drug-likeness (QED) is 0.777. The number of nitrogen functional groups attached to an aromatic ring is 1. The molecule has 0 spiro atoms. The molecule has 1 heterocycles. The molecule has 0 atom stereocenters. The summed E-state index contributed by atoms with van der Waals surface area (Å²) in [6.07, 6.45) is 0. The van der Waals surface area contributed by atoms with E-state index in [0.717, 1.165) is 10.4 Å². The number of nitrogens with two attached hydrogens (primary N) is 1. The van der Waals surface area contributed by atoms with Gasteiger partial charge in [0.15, 0.2) is 0 Å². The predicted octanol–water partition coefficient (Wildman–Crippen LogP) is 5.21. The molecule has 6 heteroatoms. The van der Waals surface area contributed by atoms with Crippen LogP contribution in [0.25, 0.3) is 10.4 Å². The number of halogens is 2. The Hall–Kier alpha value is -1.23. The van der Waals surface area contributed by atoms with Crippen LogP contribution in [-0.4, -0.2) is 13.1 Å². The van der Waals surface area contributed by atoms with Crippen LogP contribution in [0.3, 0.4) is 0 Å². The van der Waals surface area contributed by atoms with Gasteiger partial charge in [-0.05, 0) is 23.6 Å². The van der Waals surface area contributed by atoms with Gasteiger partial charge in [-0.2, -0.15) is 0 Å². The molecule has 2 N–H and O–H groups in total. The number of anilines is 1. The summed E-state index contributed by atoms with van der Waals surface area (Å²) < 4.78 is 4.79. The fourth-order valence-corrected chi connectivity index (χ4v) is 4.24. The molecular weight excluding hydrogens is 329 g/mol. The minimum Gasteiger partial charge on any atom is -0.465 e. The number of hydrogen-bond acceptors (Lipinski definition) is 4. The minimum absolute atomic E-state index is 0.127. The molecule has 0 saturated heterocycles. The van der Waals surface area contributed by atoms with Crippen molar-refractivity contribution in [3.8, 4) is 10.4 Å². The van der Waals surface area contributed by atoms with E-state index in [1.54, 1.807) is 18.2 Å². The van der Waals surface area contributed by atoms with Gasteiger partial charge in [-0.3, -0.25) is 0 Å². The van der Waals surface area contributed by atoms with Crippen LogP contribution in [0.5, 0.6) is 0 Å². The Morgan fingerprint density at radius 2 is 1.86 bits per heavy atom. The first-order chi connectivity index (χ1) is 9.88. The molecule has 0 aliphatic heterocycles. The molecule has 0 aliphatic rings. The van der Waals surface area contributed by atoms with Crippen molar-refractivity contribution in [2.24, 2.45) is 0 Å². The smallest absolute Gasteiger partial charge is 0.350 e. The third-order valence-corrected chi connectivity index (χ3v) is 4.97. The Bertz CT molecular complexity index is 675. The second-order valence-corrected chi connectivity index (χ2v) is 6.67. The third-order valence-electron chi connectivity index (χ3n) is 3.12. The molecular formula is C15H15Cl2NO2S. The number of methoxy groups -OCH3 is 1. The monoisotopic (exact) mass is 343 g/mol. The van der Waals surface area contributed by atoms with E-state index in [1.807, 2.05) is 13.8 Å². The molecule has 1 aromatic carbocycles. The fourth-order valence-electron chi connectivity index (χ4n) is 2.17. The summed E-state index contributed by atoms with van der Waals surface area (Å²) in [6.45, 7) is 4.02. The van der Waals surface area contributed by atoms with Crippen molar-refractivity contribution >= 4 is 46.2 Å². The van der Waals surface area contributed by atoms with Gasteiger partial charge in [-0.1, -0.05) is 43.1 Å². The normalized spacial score (nSPS) is 11.0. The number of carbonyl (C=O) groups is 1. The van der Waals surface area contributed by atoms with E-state index < -0.39 is 5.97 Å². The molecule has 0 fully saturated rings. The Balaban J connectivity index is 2.77. The van der Waals surface area contributed by atoms with E-state index in [1.165, 1.54) is 18.4 Å². The van der Waals surface area contributed by atoms with E-state index in [2.05, 4.69) is 0 Å². The Morgan fingerprint density at radius 3 is 2.33 bits per heavy atom. The molecule has 21 heavy (non-hydrogen) atoms. The van der Waals surface area contributed by atoms with Crippen LogP contribution in [0.4, 0.5) is 5.69 Å². The number of benzene rings is 1. The van der Waals surface area contributed by atoms with Crippen LogP contribution >= 0.6 is 34.5 Å². The maximum absolute atomic E-state index is 11.9. The largest absolute Gasteiger partial charge is 0.465 e. The van der Waals surface area contributed by atoms with Gasteiger partial charge in [0.1, 0.15) is 4.88 Å². The van der Waals surface area contributed by atoms with Crippen molar-refractivity contribution in [1.29, 1.82) is 0 Å². The lowest BCUT2D eigenvalue weighted by Gasteiger charge is -2.11. The first kappa shape index (κ1) is 16.1. The van der Waals surface area contributed by atoms with Gasteiger partial charge in [0.2, 0.25) is 0 Å². The fraction of sp³-hybridized carbons (Fsp3) is 0.267. The standard InChI is InChI=1S/C15H15Cl2NO2S/c1-7(2)10-12(18)14(15(19)20-3)21-13(10)11-8(16)5-4-6-9(11)17/h4-7H,18H2,1-3H3. The molecule has 3 nitrogen and oxygen atoms in total. The molecule has 1 aromatic heterocycles. The number of esters is 1. The number of carbonyl (C=O) groups excluding carboxylic acids is 1. The van der Waals surface area contributed by atoms with Crippen molar-refractivity contribution < 1.29 is 9.53 Å². The van der Waals surface area contributed by atoms with Crippen LogP contribution in [0.2, 0.25) is 10.0 Å². The van der Waals surface area contributed by atoms with Gasteiger partial charge >= 0.3 is 5.97 Å². The maximum Gasteiger partial charge on any atom is 0.350 e. The average molecular weight is 344 g/mol. The van der Waals surface area contributed by atoms with Gasteiger partial charge in [-0.25, -0.2) is 4.79 Å². The molecule has 2 aromatic rings. The second kappa shape index (κ2) is 6.26. The zero-order chi connectivity index (χ0) is 15.7. The average Bonchev–Trinajstić information content (AvgIpc) is 2.75. The summed E-state index contributed by atoms with van der Waals surface area (Å²) in [4.78, 5) is 13.1. The Morgan fingerprint density at radius 1 is 1.29 bits per heavy atom. The van der Waals surface area contributed by atoms with Crippen LogP contribution in [0.15, 0.2) is 18.2 Å². The summed E-state index contributed by atoms with van der Waals surface area (Å²) >= 11 is 13.8. The van der Waals surface area contributed by atoms with Crippen molar-refractivity contribution in [2.75, 3.05) is 12.8 Å². The van der Waals surface area contributed by atoms with Crippen LogP contribution in [0.1, 0.15) is 35.0 Å².